The van der Waals surface area contributed by atoms with Crippen molar-refractivity contribution in [1.29, 1.82) is 0 Å². The number of hydrogen-bond donors (Lipinski definition) is 2. The number of carboxylic acid groups (broad SMARTS) is 1. The Bertz CT molecular complexity index is 566. The highest BCUT2D eigenvalue weighted by Crippen LogP contribution is 2.32. The highest BCUT2D eigenvalue weighted by Gasteiger charge is 2.42. The Balaban J connectivity index is 2.44. The number of benzene rings is 1. The fourth-order valence-corrected chi connectivity index (χ4v) is 2.62. The lowest BCUT2D eigenvalue weighted by atomic mass is 10.1. The molecule has 1 atom stereocenters. The van der Waals surface area contributed by atoms with Crippen molar-refractivity contribution >= 4 is 17.6 Å². The Morgan fingerprint density at radius 1 is 1.29 bits per heavy atom. The number of hydrogen-bond acceptors (Lipinski definition) is 3. The molecule has 0 saturated carbocycles. The second-order valence-corrected chi connectivity index (χ2v) is 4.96. The van der Waals surface area contributed by atoms with Gasteiger partial charge in [-0.1, -0.05) is 32.0 Å². The van der Waals surface area contributed by atoms with Gasteiger partial charge < -0.3 is 10.4 Å². The lowest BCUT2D eigenvalue weighted by molar-refractivity contribution is -0.133. The summed E-state index contributed by atoms with van der Waals surface area (Å²) in [6.07, 6.45) is 1.38. The summed E-state index contributed by atoms with van der Waals surface area (Å²) < 4.78 is 0. The molecule has 1 aliphatic rings. The molecule has 0 fully saturated rings. The van der Waals surface area contributed by atoms with Crippen LogP contribution in [0.25, 0.3) is 0 Å². The van der Waals surface area contributed by atoms with Crippen LogP contribution in [0.1, 0.15) is 26.7 Å². The first-order valence-electron chi connectivity index (χ1n) is 7.21. The van der Waals surface area contributed by atoms with E-state index in [1.165, 1.54) is 0 Å². The van der Waals surface area contributed by atoms with E-state index in [-0.39, 0.29) is 17.2 Å². The van der Waals surface area contributed by atoms with Crippen molar-refractivity contribution in [1.82, 2.24) is 5.32 Å². The minimum Gasteiger partial charge on any atom is -0.478 e. The summed E-state index contributed by atoms with van der Waals surface area (Å²) in [6.45, 7) is 4.44. The topological polar surface area (TPSA) is 69.6 Å². The van der Waals surface area contributed by atoms with E-state index in [0.717, 1.165) is 12.1 Å². The maximum atomic E-state index is 12.6. The predicted molar refractivity (Wildman–Crippen MR) is 81.0 cm³/mol. The van der Waals surface area contributed by atoms with Crippen LogP contribution in [0.5, 0.6) is 0 Å². The summed E-state index contributed by atoms with van der Waals surface area (Å²) in [5, 5.41) is 12.5. The number of nitrogens with zero attached hydrogens (tertiary/aromatic N) is 1. The zero-order valence-corrected chi connectivity index (χ0v) is 12.3. The lowest BCUT2D eigenvalue weighted by Gasteiger charge is -2.25. The van der Waals surface area contributed by atoms with Crippen LogP contribution in [-0.2, 0) is 9.59 Å². The number of para-hydroxylation sites is 1. The van der Waals surface area contributed by atoms with Gasteiger partial charge in [0.1, 0.15) is 5.70 Å². The zero-order valence-electron chi connectivity index (χ0n) is 12.3. The average Bonchev–Trinajstić information content (AvgIpc) is 2.78. The third-order valence-electron chi connectivity index (χ3n) is 3.55. The van der Waals surface area contributed by atoms with Crippen molar-refractivity contribution in [3.8, 4) is 0 Å². The second-order valence-electron chi connectivity index (χ2n) is 4.96. The zero-order chi connectivity index (χ0) is 15.4. The summed E-state index contributed by atoms with van der Waals surface area (Å²) in [7, 11) is 0. The molecule has 1 aromatic carbocycles. The van der Waals surface area contributed by atoms with Crippen molar-refractivity contribution in [2.24, 2.45) is 0 Å². The van der Waals surface area contributed by atoms with Gasteiger partial charge >= 0.3 is 5.97 Å². The van der Waals surface area contributed by atoms with E-state index in [9.17, 15) is 14.7 Å². The molecule has 0 saturated heterocycles. The molecule has 112 valence electrons. The number of carbonyl (C=O) groups excluding carboxylic acids is 1. The van der Waals surface area contributed by atoms with Gasteiger partial charge in [-0.25, -0.2) is 4.79 Å². The third-order valence-corrected chi connectivity index (χ3v) is 3.55. The van der Waals surface area contributed by atoms with E-state index in [4.69, 9.17) is 0 Å². The molecule has 5 nitrogen and oxygen atoms in total. The molecule has 2 rings (SSSR count). The second kappa shape index (κ2) is 6.43. The smallest absolute Gasteiger partial charge is 0.336 e. The first kappa shape index (κ1) is 15.1. The van der Waals surface area contributed by atoms with Gasteiger partial charge in [0.05, 0.1) is 11.6 Å². The van der Waals surface area contributed by atoms with Crippen LogP contribution < -0.4 is 10.2 Å². The predicted octanol–water partition coefficient (Wildman–Crippen LogP) is 2.15. The molecule has 0 bridgehead atoms. The van der Waals surface area contributed by atoms with Gasteiger partial charge in [-0.2, -0.15) is 0 Å². The van der Waals surface area contributed by atoms with Crippen molar-refractivity contribution in [3.63, 3.8) is 0 Å². The number of carboxylic acids is 1. The molecule has 0 aromatic heterocycles. The van der Waals surface area contributed by atoms with Crippen molar-refractivity contribution in [2.45, 2.75) is 32.7 Å². The molecule has 5 heteroatoms. The van der Waals surface area contributed by atoms with Crippen LogP contribution in [0.15, 0.2) is 41.6 Å². The van der Waals surface area contributed by atoms with Crippen LogP contribution in [-0.4, -0.2) is 29.6 Å². The van der Waals surface area contributed by atoms with Gasteiger partial charge in [0.25, 0.3) is 5.91 Å². The highest BCUT2D eigenvalue weighted by atomic mass is 16.4. The first-order valence-corrected chi connectivity index (χ1v) is 7.21. The number of carbonyl (C=O) groups is 2. The Morgan fingerprint density at radius 3 is 2.48 bits per heavy atom. The van der Waals surface area contributed by atoms with Crippen molar-refractivity contribution < 1.29 is 14.7 Å². The fourth-order valence-electron chi connectivity index (χ4n) is 2.62. The first-order chi connectivity index (χ1) is 10.1. The summed E-state index contributed by atoms with van der Waals surface area (Å²) in [6, 6.07) is 8.76. The van der Waals surface area contributed by atoms with E-state index in [2.05, 4.69) is 5.32 Å². The molecule has 1 aliphatic heterocycles. The largest absolute Gasteiger partial charge is 0.478 e. The van der Waals surface area contributed by atoms with E-state index in [0.29, 0.717) is 13.0 Å². The van der Waals surface area contributed by atoms with Crippen LogP contribution in [0.2, 0.25) is 0 Å². The molecule has 0 radical (unpaired) electrons. The van der Waals surface area contributed by atoms with E-state index in [1.807, 2.05) is 44.2 Å². The molecule has 2 N–H and O–H groups in total. The SMILES string of the molecule is CCCNC1=C(C(=O)O)C(CC)N(c2ccccc2)C1=O. The molecule has 1 aromatic rings. The average molecular weight is 288 g/mol. The molecule has 21 heavy (non-hydrogen) atoms. The normalized spacial score (nSPS) is 18.3. The van der Waals surface area contributed by atoms with Gasteiger partial charge in [-0.3, -0.25) is 9.69 Å². The van der Waals surface area contributed by atoms with Gasteiger partial charge in [-0.15, -0.1) is 0 Å². The Morgan fingerprint density at radius 2 is 1.95 bits per heavy atom. The number of anilines is 1. The number of rotatable bonds is 6. The molecule has 0 aliphatic carbocycles. The van der Waals surface area contributed by atoms with Gasteiger partial charge in [0.15, 0.2) is 0 Å². The summed E-state index contributed by atoms with van der Waals surface area (Å²) in [5.41, 5.74) is 1.11. The molecule has 0 spiro atoms. The summed E-state index contributed by atoms with van der Waals surface area (Å²) >= 11 is 0. The van der Waals surface area contributed by atoms with Gasteiger partial charge in [0, 0.05) is 12.2 Å². The minimum atomic E-state index is -1.03. The molecular formula is C16H20N2O3. The summed E-state index contributed by atoms with van der Waals surface area (Å²) in [5.74, 6) is -1.30. The molecule has 1 amide bonds. The van der Waals surface area contributed by atoms with E-state index in [1.54, 1.807) is 4.90 Å². The van der Waals surface area contributed by atoms with E-state index < -0.39 is 12.0 Å². The van der Waals surface area contributed by atoms with Crippen LogP contribution in [0.3, 0.4) is 0 Å². The van der Waals surface area contributed by atoms with Crippen LogP contribution >= 0.6 is 0 Å². The molecular weight excluding hydrogens is 268 g/mol. The molecule has 1 heterocycles. The van der Waals surface area contributed by atoms with Crippen molar-refractivity contribution in [3.05, 3.63) is 41.6 Å². The van der Waals surface area contributed by atoms with Gasteiger partial charge in [0.2, 0.25) is 0 Å². The van der Waals surface area contributed by atoms with Crippen LogP contribution in [0.4, 0.5) is 5.69 Å². The third kappa shape index (κ3) is 2.77. The molecule has 1 unspecified atom stereocenters. The maximum absolute atomic E-state index is 12.6. The maximum Gasteiger partial charge on any atom is 0.336 e. The number of nitrogens with one attached hydrogen (secondary N) is 1. The monoisotopic (exact) mass is 288 g/mol. The van der Waals surface area contributed by atoms with E-state index >= 15 is 0 Å². The minimum absolute atomic E-state index is 0.166. The standard InChI is InChI=1S/C16H20N2O3/c1-3-10-17-14-13(16(20)21)12(4-2)18(15(14)19)11-8-6-5-7-9-11/h5-9,12,17H,3-4,10H2,1-2H3,(H,20,21). The highest BCUT2D eigenvalue weighted by molar-refractivity contribution is 6.15. The number of aliphatic carboxylic acids is 1. The Labute approximate surface area is 124 Å². The quantitative estimate of drug-likeness (QED) is 0.841. The van der Waals surface area contributed by atoms with Gasteiger partial charge in [-0.05, 0) is 25.0 Å². The lowest BCUT2D eigenvalue weighted by Crippen LogP contribution is -2.37. The number of amides is 1. The van der Waals surface area contributed by atoms with Crippen molar-refractivity contribution in [2.75, 3.05) is 11.4 Å². The Kier molecular flexibility index (Phi) is 4.62. The Hall–Kier alpha value is -2.30. The van der Waals surface area contributed by atoms with Crippen LogP contribution in [0, 0.1) is 0 Å². The summed E-state index contributed by atoms with van der Waals surface area (Å²) in [4.78, 5) is 25.8. The fraction of sp³-hybridized carbons (Fsp3) is 0.375.